The molecule has 4 rings (SSSR count). The smallest absolute Gasteiger partial charge is 0.327 e. The first-order valence-corrected chi connectivity index (χ1v) is 12.2. The van der Waals surface area contributed by atoms with Crippen LogP contribution in [0.3, 0.4) is 0 Å². The molecule has 1 aromatic carbocycles. The molecule has 3 aromatic rings. The number of hydrogen-bond donors (Lipinski definition) is 1. The number of benzene rings is 1. The fraction of sp³-hybridized carbons (Fsp3) is 0.560. The third kappa shape index (κ3) is 5.04. The number of ether oxygens (including phenoxy) is 1. The highest BCUT2D eigenvalue weighted by Gasteiger charge is 2.33. The van der Waals surface area contributed by atoms with Gasteiger partial charge in [-0.15, -0.1) is 5.10 Å². The van der Waals surface area contributed by atoms with Gasteiger partial charge in [-0.05, 0) is 73.7 Å². The van der Waals surface area contributed by atoms with Crippen LogP contribution in [0.5, 0.6) is 0 Å². The maximum atomic E-state index is 13.1. The molecule has 1 N–H and O–H groups in total. The van der Waals surface area contributed by atoms with Crippen LogP contribution >= 0.6 is 0 Å². The number of fused-ring (bicyclic) bond motifs is 1. The van der Waals surface area contributed by atoms with Gasteiger partial charge in [0, 0.05) is 29.1 Å². The first-order valence-electron chi connectivity index (χ1n) is 12.2. The van der Waals surface area contributed by atoms with Gasteiger partial charge in [-0.25, -0.2) is 4.68 Å². The third-order valence-corrected chi connectivity index (χ3v) is 6.77. The number of aromatic amines is 1. The lowest BCUT2D eigenvalue weighted by Crippen LogP contribution is -2.39. The molecule has 0 saturated heterocycles. The first kappa shape index (κ1) is 24.1. The van der Waals surface area contributed by atoms with Crippen molar-refractivity contribution in [3.63, 3.8) is 0 Å². The van der Waals surface area contributed by atoms with Gasteiger partial charge in [-0.3, -0.25) is 14.5 Å². The lowest BCUT2D eigenvalue weighted by molar-refractivity contribution is -0.144. The lowest BCUT2D eigenvalue weighted by atomic mass is 10.0. The number of rotatable bonds is 9. The molecule has 2 aromatic heterocycles. The summed E-state index contributed by atoms with van der Waals surface area (Å²) in [4.78, 5) is 30.7. The standard InChI is InChI=1S/C25H34N6O3/c1-5-22(24-27-28-29-31(24)15-23(32)34-6-2)30(19-9-7-8-10-19)14-18-13-20-17(4)11-16(3)12-21(20)26-25(18)33/h11-13,19,22H,5-10,14-15H2,1-4H3,(H,26,33)/t22-/m0/s1. The van der Waals surface area contributed by atoms with Crippen LogP contribution in [-0.4, -0.2) is 48.7 Å². The number of pyridine rings is 1. The molecular formula is C25H34N6O3. The van der Waals surface area contributed by atoms with E-state index in [-0.39, 0.29) is 24.1 Å². The number of aromatic nitrogens is 5. The summed E-state index contributed by atoms with van der Waals surface area (Å²) in [5, 5.41) is 13.3. The van der Waals surface area contributed by atoms with Gasteiger partial charge in [-0.2, -0.15) is 0 Å². The van der Waals surface area contributed by atoms with E-state index in [4.69, 9.17) is 4.74 Å². The summed E-state index contributed by atoms with van der Waals surface area (Å²) < 4.78 is 6.63. The minimum Gasteiger partial charge on any atom is -0.465 e. The number of nitrogens with one attached hydrogen (secondary N) is 1. The Bertz CT molecular complexity index is 1210. The Balaban J connectivity index is 1.71. The normalized spacial score (nSPS) is 15.3. The maximum absolute atomic E-state index is 13.1. The Hall–Kier alpha value is -3.07. The summed E-state index contributed by atoms with van der Waals surface area (Å²) in [5.74, 6) is 0.265. The van der Waals surface area contributed by atoms with Gasteiger partial charge in [0.1, 0.15) is 6.54 Å². The second-order valence-corrected chi connectivity index (χ2v) is 9.20. The summed E-state index contributed by atoms with van der Waals surface area (Å²) in [5.41, 5.74) is 3.80. The highest BCUT2D eigenvalue weighted by molar-refractivity contribution is 5.83. The van der Waals surface area contributed by atoms with Gasteiger partial charge >= 0.3 is 5.97 Å². The zero-order valence-electron chi connectivity index (χ0n) is 20.5. The summed E-state index contributed by atoms with van der Waals surface area (Å²) in [7, 11) is 0. The molecule has 9 nitrogen and oxygen atoms in total. The minimum absolute atomic E-state index is 0.0275. The van der Waals surface area contributed by atoms with Gasteiger partial charge in [0.05, 0.1) is 12.6 Å². The van der Waals surface area contributed by atoms with Crippen LogP contribution in [0.15, 0.2) is 23.0 Å². The number of tetrazole rings is 1. The van der Waals surface area contributed by atoms with E-state index in [1.54, 1.807) is 6.92 Å². The fourth-order valence-corrected chi connectivity index (χ4v) is 5.22. The van der Waals surface area contributed by atoms with E-state index in [0.29, 0.717) is 25.0 Å². The lowest BCUT2D eigenvalue weighted by Gasteiger charge is -2.35. The van der Waals surface area contributed by atoms with Crippen LogP contribution in [0, 0.1) is 13.8 Å². The molecule has 0 amide bonds. The Morgan fingerprint density at radius 1 is 1.24 bits per heavy atom. The van der Waals surface area contributed by atoms with E-state index in [9.17, 15) is 9.59 Å². The largest absolute Gasteiger partial charge is 0.465 e. The van der Waals surface area contributed by atoms with Crippen molar-refractivity contribution in [2.45, 2.75) is 85.0 Å². The molecule has 1 aliphatic rings. The van der Waals surface area contributed by atoms with Gasteiger partial charge in [-0.1, -0.05) is 25.8 Å². The molecule has 0 unspecified atom stereocenters. The Morgan fingerprint density at radius 2 is 2.00 bits per heavy atom. The number of carbonyl (C=O) groups excluding carboxylic acids is 1. The molecule has 1 fully saturated rings. The van der Waals surface area contributed by atoms with E-state index in [1.165, 1.54) is 4.68 Å². The Morgan fingerprint density at radius 3 is 2.71 bits per heavy atom. The first-order chi connectivity index (χ1) is 16.4. The molecule has 0 spiro atoms. The predicted molar refractivity (Wildman–Crippen MR) is 129 cm³/mol. The number of H-pyrrole nitrogens is 1. The molecule has 0 bridgehead atoms. The molecule has 2 heterocycles. The summed E-state index contributed by atoms with van der Waals surface area (Å²) >= 11 is 0. The average molecular weight is 467 g/mol. The zero-order valence-corrected chi connectivity index (χ0v) is 20.5. The number of nitrogens with zero attached hydrogens (tertiary/aromatic N) is 5. The highest BCUT2D eigenvalue weighted by atomic mass is 16.5. The van der Waals surface area contributed by atoms with Crippen molar-refractivity contribution in [2.75, 3.05) is 6.61 Å². The Labute approximate surface area is 199 Å². The molecule has 9 heteroatoms. The molecule has 0 aliphatic heterocycles. The number of esters is 1. The average Bonchev–Trinajstić information content (AvgIpc) is 3.47. The van der Waals surface area contributed by atoms with E-state index >= 15 is 0 Å². The summed E-state index contributed by atoms with van der Waals surface area (Å²) in [6, 6.07) is 6.38. The van der Waals surface area contributed by atoms with E-state index in [0.717, 1.165) is 59.7 Å². The van der Waals surface area contributed by atoms with Crippen LogP contribution < -0.4 is 5.56 Å². The van der Waals surface area contributed by atoms with Crippen molar-refractivity contribution >= 4 is 16.9 Å². The van der Waals surface area contributed by atoms with Gasteiger partial charge in [0.15, 0.2) is 5.82 Å². The minimum atomic E-state index is -0.366. The van der Waals surface area contributed by atoms with Crippen LogP contribution in [0.2, 0.25) is 0 Å². The summed E-state index contributed by atoms with van der Waals surface area (Å²) in [6.07, 6.45) is 5.22. The SMILES string of the molecule is CCOC(=O)Cn1nnnc1[C@H](CC)N(Cc1cc2c(C)cc(C)cc2[nH]c1=O)C1CCCC1. The topological polar surface area (TPSA) is 106 Å². The molecule has 1 aliphatic carbocycles. The van der Waals surface area contributed by atoms with E-state index < -0.39 is 0 Å². The number of hydrogen-bond acceptors (Lipinski definition) is 7. The zero-order chi connectivity index (χ0) is 24.2. The van der Waals surface area contributed by atoms with Crippen molar-refractivity contribution in [2.24, 2.45) is 0 Å². The van der Waals surface area contributed by atoms with Crippen LogP contribution in [0.25, 0.3) is 10.9 Å². The van der Waals surface area contributed by atoms with Crippen molar-refractivity contribution in [1.82, 2.24) is 30.1 Å². The molecule has 182 valence electrons. The molecule has 1 saturated carbocycles. The molecule has 34 heavy (non-hydrogen) atoms. The van der Waals surface area contributed by atoms with Gasteiger partial charge in [0.25, 0.3) is 5.56 Å². The van der Waals surface area contributed by atoms with Crippen molar-refractivity contribution < 1.29 is 9.53 Å². The molecular weight excluding hydrogens is 432 g/mol. The third-order valence-electron chi connectivity index (χ3n) is 6.77. The van der Waals surface area contributed by atoms with Gasteiger partial charge < -0.3 is 9.72 Å². The predicted octanol–water partition coefficient (Wildman–Crippen LogP) is 3.59. The van der Waals surface area contributed by atoms with Gasteiger partial charge in [0.2, 0.25) is 0 Å². The Kier molecular flexibility index (Phi) is 7.41. The number of carbonyl (C=O) groups is 1. The van der Waals surface area contributed by atoms with Crippen molar-refractivity contribution in [3.8, 4) is 0 Å². The fourth-order valence-electron chi connectivity index (χ4n) is 5.22. The van der Waals surface area contributed by atoms with Crippen molar-refractivity contribution in [3.05, 3.63) is 51.1 Å². The van der Waals surface area contributed by atoms with Crippen LogP contribution in [0.4, 0.5) is 0 Å². The second kappa shape index (κ2) is 10.5. The van der Waals surface area contributed by atoms with E-state index in [2.05, 4.69) is 45.3 Å². The highest BCUT2D eigenvalue weighted by Crippen LogP contribution is 2.33. The molecule has 0 radical (unpaired) electrons. The van der Waals surface area contributed by atoms with Crippen LogP contribution in [-0.2, 0) is 22.6 Å². The number of aryl methyl sites for hydroxylation is 2. The quantitative estimate of drug-likeness (QED) is 0.480. The monoisotopic (exact) mass is 466 g/mol. The second-order valence-electron chi connectivity index (χ2n) is 9.20. The van der Waals surface area contributed by atoms with Crippen molar-refractivity contribution in [1.29, 1.82) is 0 Å². The summed E-state index contributed by atoms with van der Waals surface area (Å²) in [6.45, 7) is 8.75. The van der Waals surface area contributed by atoms with E-state index in [1.807, 2.05) is 19.1 Å². The maximum Gasteiger partial charge on any atom is 0.327 e. The van der Waals surface area contributed by atoms with Crippen LogP contribution in [0.1, 0.15) is 74.5 Å². The molecule has 1 atom stereocenters.